The molecule has 0 aromatic heterocycles. The van der Waals surface area contributed by atoms with Crippen LogP contribution < -0.4 is 4.74 Å². The van der Waals surface area contributed by atoms with Gasteiger partial charge in [0.15, 0.2) is 0 Å². The highest BCUT2D eigenvalue weighted by molar-refractivity contribution is 6.21. The average molecular weight is 319 g/mol. The van der Waals surface area contributed by atoms with Gasteiger partial charge in [-0.3, -0.25) is 0 Å². The van der Waals surface area contributed by atoms with E-state index in [2.05, 4.69) is 24.7 Å². The largest absolute Gasteiger partial charge is 0.573 e. The normalized spacial score (nSPS) is 21.8. The minimum Gasteiger partial charge on any atom is -0.406 e. The molecule has 0 fully saturated rings. The number of hydrogen-bond acceptors (Lipinski definition) is 1. The molecule has 1 aromatic carbocycles. The number of hydrogen-bond donors (Lipinski definition) is 0. The Bertz CT molecular complexity index is 517. The van der Waals surface area contributed by atoms with Crippen LogP contribution in [0.2, 0.25) is 0 Å². The van der Waals surface area contributed by atoms with Crippen LogP contribution in [0.25, 0.3) is 0 Å². The van der Waals surface area contributed by atoms with Crippen LogP contribution in [0.1, 0.15) is 32.3 Å². The van der Waals surface area contributed by atoms with E-state index in [1.165, 1.54) is 17.7 Å². The van der Waals surface area contributed by atoms with Crippen molar-refractivity contribution >= 4 is 11.6 Å². The Morgan fingerprint density at radius 1 is 1.24 bits per heavy atom. The second-order valence-corrected chi connectivity index (χ2v) is 6.82. The summed E-state index contributed by atoms with van der Waals surface area (Å²) in [5.74, 6) is -0.195. The lowest BCUT2D eigenvalue weighted by Gasteiger charge is -2.32. The van der Waals surface area contributed by atoms with Crippen molar-refractivity contribution < 1.29 is 17.9 Å². The van der Waals surface area contributed by atoms with E-state index in [1.807, 2.05) is 0 Å². The maximum Gasteiger partial charge on any atom is 0.573 e. The molecule has 1 unspecified atom stereocenters. The van der Waals surface area contributed by atoms with Gasteiger partial charge in [-0.1, -0.05) is 37.6 Å². The maximum atomic E-state index is 12.1. The van der Waals surface area contributed by atoms with Gasteiger partial charge in [-0.05, 0) is 42.4 Å². The lowest BCUT2D eigenvalue weighted by Crippen LogP contribution is -2.22. The first-order valence-electron chi connectivity index (χ1n) is 6.81. The molecule has 0 saturated carbocycles. The molecule has 1 atom stereocenters. The van der Waals surface area contributed by atoms with Crippen molar-refractivity contribution in [3.8, 4) is 5.75 Å². The number of alkyl halides is 4. The Hall–Kier alpha value is -1.16. The van der Waals surface area contributed by atoms with E-state index in [0.717, 1.165) is 18.4 Å². The molecule has 21 heavy (non-hydrogen) atoms. The van der Waals surface area contributed by atoms with E-state index < -0.39 is 6.36 Å². The van der Waals surface area contributed by atoms with Crippen LogP contribution in [-0.4, -0.2) is 11.7 Å². The van der Waals surface area contributed by atoms with Crippen LogP contribution in [0, 0.1) is 5.41 Å². The number of benzene rings is 1. The molecule has 0 saturated heterocycles. The van der Waals surface area contributed by atoms with Gasteiger partial charge in [0.05, 0.1) is 5.38 Å². The summed E-state index contributed by atoms with van der Waals surface area (Å²) < 4.78 is 40.2. The standard InChI is InChI=1S/C16H18ClF3O/c1-15(2)9-12(8-13(17)10-15)7-11-3-5-14(6-4-11)21-16(18,19)20/h3-6,8,13H,7,9-10H2,1-2H3. The van der Waals surface area contributed by atoms with E-state index in [4.69, 9.17) is 11.6 Å². The van der Waals surface area contributed by atoms with Crippen molar-refractivity contribution in [1.82, 2.24) is 0 Å². The van der Waals surface area contributed by atoms with Gasteiger partial charge in [-0.25, -0.2) is 0 Å². The van der Waals surface area contributed by atoms with Crippen molar-refractivity contribution in [3.05, 3.63) is 41.5 Å². The fourth-order valence-corrected chi connectivity index (χ4v) is 3.38. The summed E-state index contributed by atoms with van der Waals surface area (Å²) in [6.07, 6.45) is 0.0165. The molecule has 2 rings (SSSR count). The number of rotatable bonds is 3. The van der Waals surface area contributed by atoms with E-state index in [9.17, 15) is 13.2 Å². The van der Waals surface area contributed by atoms with E-state index in [0.29, 0.717) is 6.42 Å². The van der Waals surface area contributed by atoms with Gasteiger partial charge in [0.25, 0.3) is 0 Å². The Kier molecular flexibility index (Phi) is 4.57. The first kappa shape index (κ1) is 16.2. The molecule has 0 amide bonds. The van der Waals surface area contributed by atoms with Gasteiger partial charge in [0.1, 0.15) is 5.75 Å². The zero-order valence-corrected chi connectivity index (χ0v) is 12.8. The third-order valence-corrected chi connectivity index (χ3v) is 3.74. The van der Waals surface area contributed by atoms with Gasteiger partial charge < -0.3 is 4.74 Å². The van der Waals surface area contributed by atoms with Crippen molar-refractivity contribution in [2.75, 3.05) is 0 Å². The molecule has 0 spiro atoms. The summed E-state index contributed by atoms with van der Waals surface area (Å²) in [6.45, 7) is 4.35. The summed E-state index contributed by atoms with van der Waals surface area (Å²) in [5.41, 5.74) is 2.35. The highest BCUT2D eigenvalue weighted by Crippen LogP contribution is 2.38. The van der Waals surface area contributed by atoms with Crippen LogP contribution in [-0.2, 0) is 6.42 Å². The maximum absolute atomic E-state index is 12.1. The zero-order valence-electron chi connectivity index (χ0n) is 12.0. The van der Waals surface area contributed by atoms with Crippen molar-refractivity contribution in [3.63, 3.8) is 0 Å². The molecule has 5 heteroatoms. The minimum atomic E-state index is -4.65. The predicted octanol–water partition coefficient (Wildman–Crippen LogP) is 5.48. The molecule has 0 heterocycles. The summed E-state index contributed by atoms with van der Waals surface area (Å²) in [6, 6.07) is 6.00. The second-order valence-electron chi connectivity index (χ2n) is 6.25. The average Bonchev–Trinajstić information content (AvgIpc) is 2.27. The highest BCUT2D eigenvalue weighted by atomic mass is 35.5. The Balaban J connectivity index is 2.04. The molecular weight excluding hydrogens is 301 g/mol. The van der Waals surface area contributed by atoms with Crippen LogP contribution in [0.4, 0.5) is 13.2 Å². The topological polar surface area (TPSA) is 9.23 Å². The molecule has 1 aromatic rings. The zero-order chi connectivity index (χ0) is 15.7. The summed E-state index contributed by atoms with van der Waals surface area (Å²) in [4.78, 5) is 0. The molecule has 0 radical (unpaired) electrons. The highest BCUT2D eigenvalue weighted by Gasteiger charge is 2.31. The SMILES string of the molecule is CC1(C)CC(Cc2ccc(OC(F)(F)F)cc2)=CC(Cl)C1. The van der Waals surface area contributed by atoms with Crippen molar-refractivity contribution in [2.45, 2.75) is 44.8 Å². The quantitative estimate of drug-likeness (QED) is 0.529. The molecule has 1 aliphatic rings. The van der Waals surface area contributed by atoms with Crippen molar-refractivity contribution in [2.24, 2.45) is 5.41 Å². The van der Waals surface area contributed by atoms with Gasteiger partial charge in [0, 0.05) is 0 Å². The van der Waals surface area contributed by atoms with Crippen LogP contribution in [0.5, 0.6) is 5.75 Å². The Labute approximate surface area is 127 Å². The smallest absolute Gasteiger partial charge is 0.406 e. The fraction of sp³-hybridized carbons (Fsp3) is 0.500. The number of allylic oxidation sites excluding steroid dienone is 2. The molecule has 0 aliphatic heterocycles. The fourth-order valence-electron chi connectivity index (χ4n) is 2.78. The Morgan fingerprint density at radius 2 is 1.86 bits per heavy atom. The van der Waals surface area contributed by atoms with E-state index >= 15 is 0 Å². The first-order chi connectivity index (χ1) is 9.63. The van der Waals surface area contributed by atoms with Crippen LogP contribution in [0.15, 0.2) is 35.9 Å². The summed E-state index contributed by atoms with van der Waals surface area (Å²) in [7, 11) is 0. The van der Waals surface area contributed by atoms with Gasteiger partial charge in [-0.2, -0.15) is 0 Å². The molecule has 1 nitrogen and oxygen atoms in total. The minimum absolute atomic E-state index is 0.0246. The number of halogens is 4. The van der Waals surface area contributed by atoms with Gasteiger partial charge in [0.2, 0.25) is 0 Å². The van der Waals surface area contributed by atoms with Crippen molar-refractivity contribution in [1.29, 1.82) is 0 Å². The van der Waals surface area contributed by atoms with E-state index in [-0.39, 0.29) is 16.5 Å². The third kappa shape index (κ3) is 5.27. The molecule has 0 N–H and O–H groups in total. The third-order valence-electron chi connectivity index (χ3n) is 3.46. The Morgan fingerprint density at radius 3 is 2.38 bits per heavy atom. The van der Waals surface area contributed by atoms with Crippen LogP contribution >= 0.6 is 11.6 Å². The van der Waals surface area contributed by atoms with Gasteiger partial charge >= 0.3 is 6.36 Å². The monoisotopic (exact) mass is 318 g/mol. The predicted molar refractivity (Wildman–Crippen MR) is 77.6 cm³/mol. The van der Waals surface area contributed by atoms with E-state index in [1.54, 1.807) is 12.1 Å². The summed E-state index contributed by atoms with van der Waals surface area (Å²) >= 11 is 6.24. The molecule has 116 valence electrons. The van der Waals surface area contributed by atoms with Gasteiger partial charge in [-0.15, -0.1) is 24.8 Å². The lowest BCUT2D eigenvalue weighted by molar-refractivity contribution is -0.274. The molecular formula is C16H18ClF3O. The lowest BCUT2D eigenvalue weighted by atomic mass is 9.76. The summed E-state index contributed by atoms with van der Waals surface area (Å²) in [5, 5.41) is 0.0246. The molecule has 1 aliphatic carbocycles. The first-order valence-corrected chi connectivity index (χ1v) is 7.25. The van der Waals surface area contributed by atoms with Crippen LogP contribution in [0.3, 0.4) is 0 Å². The molecule has 0 bridgehead atoms. The number of ether oxygens (including phenoxy) is 1. The second kappa shape index (κ2) is 5.91.